The van der Waals surface area contributed by atoms with Crippen molar-refractivity contribution in [2.75, 3.05) is 18.6 Å². The largest absolute Gasteiger partial charge is 0.612 e. The third-order valence-electron chi connectivity index (χ3n) is 5.30. The third-order valence-corrected chi connectivity index (χ3v) is 7.26. The molecule has 0 radical (unpaired) electrons. The molecule has 2 N–H and O–H groups in total. The van der Waals surface area contributed by atoms with Crippen LogP contribution in [0.25, 0.3) is 16.5 Å². The average Bonchev–Trinajstić information content (AvgIpc) is 3.14. The molecule has 0 aliphatic carbocycles. The molecule has 1 aromatic heterocycles. The lowest BCUT2D eigenvalue weighted by Gasteiger charge is -2.24. The van der Waals surface area contributed by atoms with Gasteiger partial charge in [-0.2, -0.15) is 11.8 Å². The molecule has 2 unspecified atom stereocenters. The number of hydrogen-bond donors (Lipinski definition) is 2. The summed E-state index contributed by atoms with van der Waals surface area (Å²) in [5.41, 5.74) is 5.24. The molecule has 0 bridgehead atoms. The van der Waals surface area contributed by atoms with E-state index in [9.17, 15) is 4.55 Å². The molecule has 5 heteroatoms. The van der Waals surface area contributed by atoms with Crippen LogP contribution in [-0.4, -0.2) is 34.1 Å². The monoisotopic (exact) mass is 410 g/mol. The van der Waals surface area contributed by atoms with E-state index in [1.807, 2.05) is 23.9 Å². The predicted octanol–water partition coefficient (Wildman–Crippen LogP) is 4.97. The van der Waals surface area contributed by atoms with E-state index in [2.05, 4.69) is 59.0 Å². The maximum atomic E-state index is 11.8. The molecule has 0 saturated heterocycles. The minimum atomic E-state index is -0.942. The van der Waals surface area contributed by atoms with Gasteiger partial charge in [0.05, 0.1) is 0 Å². The van der Waals surface area contributed by atoms with Gasteiger partial charge in [0.25, 0.3) is 0 Å². The van der Waals surface area contributed by atoms with Gasteiger partial charge in [-0.25, -0.2) is 0 Å². The van der Waals surface area contributed by atoms with Crippen LogP contribution in [0.4, 0.5) is 0 Å². The van der Waals surface area contributed by atoms with Crippen molar-refractivity contribution in [1.82, 2.24) is 10.3 Å². The Bertz CT molecular complexity index is 950. The number of benzene rings is 2. The SMILES string of the molecule is C[S+]([O-])c1ccc2[nH]cc(CSCCC3CC(c4ccccc4)=CCN3)c2c1. The zero-order valence-corrected chi connectivity index (χ0v) is 17.7. The summed E-state index contributed by atoms with van der Waals surface area (Å²) in [6.07, 6.45) is 8.41. The van der Waals surface area contributed by atoms with Crippen LogP contribution < -0.4 is 5.32 Å². The first-order valence-electron chi connectivity index (χ1n) is 9.70. The van der Waals surface area contributed by atoms with E-state index in [4.69, 9.17) is 0 Å². The number of thioether (sulfide) groups is 1. The van der Waals surface area contributed by atoms with Gasteiger partial charge >= 0.3 is 0 Å². The molecule has 0 saturated carbocycles. The van der Waals surface area contributed by atoms with Gasteiger partial charge < -0.3 is 14.9 Å². The van der Waals surface area contributed by atoms with Crippen LogP contribution >= 0.6 is 11.8 Å². The highest BCUT2D eigenvalue weighted by Crippen LogP contribution is 2.27. The summed E-state index contributed by atoms with van der Waals surface area (Å²) >= 11 is 1.03. The molecule has 146 valence electrons. The first kappa shape index (κ1) is 19.6. The van der Waals surface area contributed by atoms with E-state index in [0.717, 1.165) is 34.9 Å². The van der Waals surface area contributed by atoms with Crippen molar-refractivity contribution in [2.45, 2.75) is 29.5 Å². The molecular formula is C23H26N2OS2. The molecule has 0 spiro atoms. The van der Waals surface area contributed by atoms with Crippen LogP contribution in [0.2, 0.25) is 0 Å². The number of H-pyrrole nitrogens is 1. The molecular weight excluding hydrogens is 384 g/mol. The van der Waals surface area contributed by atoms with Gasteiger partial charge in [0.2, 0.25) is 0 Å². The molecule has 3 aromatic rings. The van der Waals surface area contributed by atoms with E-state index in [0.29, 0.717) is 6.04 Å². The van der Waals surface area contributed by atoms with Gasteiger partial charge in [0.1, 0.15) is 6.26 Å². The maximum absolute atomic E-state index is 11.8. The van der Waals surface area contributed by atoms with Crippen molar-refractivity contribution < 1.29 is 4.55 Å². The smallest absolute Gasteiger partial charge is 0.153 e. The number of aromatic amines is 1. The fourth-order valence-electron chi connectivity index (χ4n) is 3.73. The quantitative estimate of drug-likeness (QED) is 0.427. The minimum absolute atomic E-state index is 0.546. The van der Waals surface area contributed by atoms with E-state index in [1.54, 1.807) is 6.26 Å². The first-order chi connectivity index (χ1) is 13.7. The van der Waals surface area contributed by atoms with Crippen LogP contribution in [0.1, 0.15) is 24.0 Å². The molecule has 0 amide bonds. The lowest BCUT2D eigenvalue weighted by molar-refractivity contribution is 0.525. The van der Waals surface area contributed by atoms with Gasteiger partial charge in [0, 0.05) is 41.5 Å². The number of hydrogen-bond acceptors (Lipinski definition) is 3. The van der Waals surface area contributed by atoms with Crippen LogP contribution in [-0.2, 0) is 16.9 Å². The van der Waals surface area contributed by atoms with Crippen LogP contribution in [0.3, 0.4) is 0 Å². The van der Waals surface area contributed by atoms with Gasteiger partial charge in [-0.3, -0.25) is 0 Å². The van der Waals surface area contributed by atoms with Crippen molar-refractivity contribution in [3.8, 4) is 0 Å². The lowest BCUT2D eigenvalue weighted by Crippen LogP contribution is -2.33. The van der Waals surface area contributed by atoms with Crippen LogP contribution in [0, 0.1) is 0 Å². The van der Waals surface area contributed by atoms with Gasteiger partial charge in [-0.05, 0) is 58.6 Å². The van der Waals surface area contributed by atoms with E-state index in [-0.39, 0.29) is 0 Å². The summed E-state index contributed by atoms with van der Waals surface area (Å²) in [4.78, 5) is 4.23. The Morgan fingerprint density at radius 3 is 2.86 bits per heavy atom. The van der Waals surface area contributed by atoms with E-state index in [1.165, 1.54) is 28.5 Å². The van der Waals surface area contributed by atoms with E-state index >= 15 is 0 Å². The molecule has 2 heterocycles. The highest BCUT2D eigenvalue weighted by Gasteiger charge is 2.16. The Hall–Kier alpha value is -1.66. The highest BCUT2D eigenvalue weighted by atomic mass is 32.2. The summed E-state index contributed by atoms with van der Waals surface area (Å²) in [5, 5.41) is 4.83. The summed E-state index contributed by atoms with van der Waals surface area (Å²) in [6, 6.07) is 17.3. The maximum Gasteiger partial charge on any atom is 0.153 e. The normalized spacial score (nSPS) is 18.2. The summed E-state index contributed by atoms with van der Waals surface area (Å²) in [7, 11) is 0. The van der Waals surface area contributed by atoms with Crippen molar-refractivity contribution in [3.05, 3.63) is 71.9 Å². The predicted molar refractivity (Wildman–Crippen MR) is 122 cm³/mol. The standard InChI is InChI=1S/C23H26N2OS2/c1-28(26)21-7-8-23-22(14-21)19(15-25-23)16-27-12-10-20-13-18(9-11-24-20)17-5-3-2-4-6-17/h2-9,14-15,20,24-25H,10-13,16H2,1H3. The molecule has 28 heavy (non-hydrogen) atoms. The zero-order chi connectivity index (χ0) is 19.3. The molecule has 2 aromatic carbocycles. The Kier molecular flexibility index (Phi) is 6.47. The summed E-state index contributed by atoms with van der Waals surface area (Å²) < 4.78 is 11.8. The Morgan fingerprint density at radius 1 is 1.18 bits per heavy atom. The van der Waals surface area contributed by atoms with Crippen molar-refractivity contribution >= 4 is 39.4 Å². The Balaban J connectivity index is 1.30. The second-order valence-electron chi connectivity index (χ2n) is 7.22. The second kappa shape index (κ2) is 9.23. The number of fused-ring (bicyclic) bond motifs is 1. The highest BCUT2D eigenvalue weighted by molar-refractivity contribution is 7.98. The van der Waals surface area contributed by atoms with Gasteiger partial charge in [0.15, 0.2) is 4.90 Å². The average molecular weight is 411 g/mol. The first-order valence-corrected chi connectivity index (χ1v) is 12.4. The second-order valence-corrected chi connectivity index (χ2v) is 9.71. The summed E-state index contributed by atoms with van der Waals surface area (Å²) in [6.45, 7) is 0.957. The van der Waals surface area contributed by atoms with Crippen molar-refractivity contribution in [2.24, 2.45) is 0 Å². The molecule has 0 fully saturated rings. The van der Waals surface area contributed by atoms with Crippen LogP contribution in [0.5, 0.6) is 0 Å². The number of aromatic nitrogens is 1. The lowest BCUT2D eigenvalue weighted by atomic mass is 9.94. The Labute approximate surface area is 174 Å². The zero-order valence-electron chi connectivity index (χ0n) is 16.1. The molecule has 4 rings (SSSR count). The fourth-order valence-corrected chi connectivity index (χ4v) is 5.32. The topological polar surface area (TPSA) is 50.9 Å². The van der Waals surface area contributed by atoms with Crippen molar-refractivity contribution in [1.29, 1.82) is 0 Å². The Morgan fingerprint density at radius 2 is 2.04 bits per heavy atom. The number of nitrogens with one attached hydrogen (secondary N) is 2. The van der Waals surface area contributed by atoms with Crippen LogP contribution in [0.15, 0.2) is 65.7 Å². The third kappa shape index (κ3) is 4.66. The fraction of sp³-hybridized carbons (Fsp3) is 0.304. The molecule has 3 nitrogen and oxygen atoms in total. The molecule has 2 atom stereocenters. The van der Waals surface area contributed by atoms with Gasteiger partial charge in [-0.1, -0.05) is 36.4 Å². The molecule has 1 aliphatic heterocycles. The number of rotatable bonds is 7. The summed E-state index contributed by atoms with van der Waals surface area (Å²) in [5.74, 6) is 2.11. The van der Waals surface area contributed by atoms with Gasteiger partial charge in [-0.15, -0.1) is 0 Å². The van der Waals surface area contributed by atoms with Crippen molar-refractivity contribution in [3.63, 3.8) is 0 Å². The minimum Gasteiger partial charge on any atom is -0.612 e. The van der Waals surface area contributed by atoms with E-state index < -0.39 is 11.2 Å². The molecule has 1 aliphatic rings.